The van der Waals surface area contributed by atoms with Crippen LogP contribution in [0.1, 0.15) is 32.6 Å². The highest BCUT2D eigenvalue weighted by Crippen LogP contribution is 2.08. The molecule has 0 aliphatic carbocycles. The minimum Gasteiger partial charge on any atom is -0.480 e. The summed E-state index contributed by atoms with van der Waals surface area (Å²) in [6.45, 7) is 1.80. The highest BCUT2D eigenvalue weighted by Gasteiger charge is 2.13. The number of carbonyl (C=O) groups excluding carboxylic acids is 1. The third-order valence-electron chi connectivity index (χ3n) is 2.19. The number of nitrogens with two attached hydrogens (primary N) is 1. The summed E-state index contributed by atoms with van der Waals surface area (Å²) in [5.74, 6) is 0.0866. The fourth-order valence-corrected chi connectivity index (χ4v) is 2.19. The van der Waals surface area contributed by atoms with Crippen molar-refractivity contribution in [2.75, 3.05) is 18.1 Å². The number of hydrogen-bond donors (Lipinski definition) is 3. The molecule has 0 fully saturated rings. The molecule has 5 nitrogen and oxygen atoms in total. The largest absolute Gasteiger partial charge is 0.480 e. The van der Waals surface area contributed by atoms with E-state index in [1.807, 2.05) is 0 Å². The Kier molecular flexibility index (Phi) is 9.95. The Bertz CT molecular complexity index is 237. The van der Waals surface area contributed by atoms with Gasteiger partial charge in [0.2, 0.25) is 5.91 Å². The van der Waals surface area contributed by atoms with Crippen LogP contribution in [0.5, 0.6) is 0 Å². The summed E-state index contributed by atoms with van der Waals surface area (Å²) in [6, 6.07) is -0.620. The Morgan fingerprint density at radius 2 is 2.06 bits per heavy atom. The zero-order valence-corrected chi connectivity index (χ0v) is 11.1. The molecule has 4 N–H and O–H groups in total. The van der Waals surface area contributed by atoms with Crippen LogP contribution in [0.4, 0.5) is 0 Å². The molecule has 1 amide bonds. The average Bonchev–Trinajstić information content (AvgIpc) is 2.30. The third-order valence-corrected chi connectivity index (χ3v) is 3.36. The van der Waals surface area contributed by atoms with Crippen molar-refractivity contribution in [3.8, 4) is 0 Å². The Hall–Kier alpha value is -0.750. The second-order valence-electron chi connectivity index (χ2n) is 3.85. The quantitative estimate of drug-likeness (QED) is 0.507. The van der Waals surface area contributed by atoms with E-state index in [9.17, 15) is 9.59 Å². The molecular weight excluding hydrogens is 240 g/mol. The number of carboxylic acid groups (broad SMARTS) is 1. The fraction of sp³-hybridized carbons (Fsp3) is 0.818. The summed E-state index contributed by atoms with van der Waals surface area (Å²) in [7, 11) is 0. The first kappa shape index (κ1) is 16.2. The van der Waals surface area contributed by atoms with Crippen LogP contribution >= 0.6 is 11.8 Å². The molecule has 0 aliphatic rings. The van der Waals surface area contributed by atoms with Gasteiger partial charge in [0.1, 0.15) is 6.54 Å². The maximum absolute atomic E-state index is 11.3. The van der Waals surface area contributed by atoms with Crippen LogP contribution < -0.4 is 11.1 Å². The Morgan fingerprint density at radius 1 is 1.35 bits per heavy atom. The SMILES string of the molecule is CCCCCCSC[C@H](N)C(=O)NCC(=O)O. The Morgan fingerprint density at radius 3 is 2.65 bits per heavy atom. The van der Waals surface area contributed by atoms with Gasteiger partial charge in [0, 0.05) is 5.75 Å². The number of amides is 1. The molecule has 0 unspecified atom stereocenters. The van der Waals surface area contributed by atoms with Gasteiger partial charge >= 0.3 is 5.97 Å². The minimum atomic E-state index is -1.06. The van der Waals surface area contributed by atoms with E-state index in [4.69, 9.17) is 10.8 Å². The summed E-state index contributed by atoms with van der Waals surface area (Å²) in [5, 5.41) is 10.6. The van der Waals surface area contributed by atoms with E-state index in [0.717, 1.165) is 12.2 Å². The molecule has 0 saturated carbocycles. The van der Waals surface area contributed by atoms with Crippen LogP contribution in [0.2, 0.25) is 0 Å². The lowest BCUT2D eigenvalue weighted by Gasteiger charge is -2.10. The van der Waals surface area contributed by atoms with Crippen LogP contribution in [-0.4, -0.2) is 41.1 Å². The highest BCUT2D eigenvalue weighted by atomic mass is 32.2. The van der Waals surface area contributed by atoms with Gasteiger partial charge in [0.15, 0.2) is 0 Å². The van der Waals surface area contributed by atoms with Gasteiger partial charge in [-0.15, -0.1) is 0 Å². The second-order valence-corrected chi connectivity index (χ2v) is 5.00. The Balaban J connectivity index is 3.47. The van der Waals surface area contributed by atoms with Crippen molar-refractivity contribution in [3.05, 3.63) is 0 Å². The number of hydrogen-bond acceptors (Lipinski definition) is 4. The summed E-state index contributed by atoms with van der Waals surface area (Å²) in [6.07, 6.45) is 4.80. The standard InChI is InChI=1S/C11H22N2O3S/c1-2-3-4-5-6-17-8-9(12)11(16)13-7-10(14)15/h9H,2-8,12H2,1H3,(H,13,16)(H,14,15)/t9-/m0/s1. The molecule has 6 heteroatoms. The first-order valence-electron chi connectivity index (χ1n) is 5.90. The predicted molar refractivity (Wildman–Crippen MR) is 70.1 cm³/mol. The van der Waals surface area contributed by atoms with Gasteiger partial charge in [0.05, 0.1) is 6.04 Å². The maximum Gasteiger partial charge on any atom is 0.322 e. The van der Waals surface area contributed by atoms with Gasteiger partial charge in [-0.3, -0.25) is 9.59 Å². The number of nitrogens with one attached hydrogen (secondary N) is 1. The smallest absolute Gasteiger partial charge is 0.322 e. The third kappa shape index (κ3) is 10.1. The minimum absolute atomic E-state index is 0.367. The summed E-state index contributed by atoms with van der Waals surface area (Å²) in [4.78, 5) is 21.5. The maximum atomic E-state index is 11.3. The van der Waals surface area contributed by atoms with Crippen molar-refractivity contribution >= 4 is 23.6 Å². The molecule has 0 aromatic heterocycles. The molecule has 1 atom stereocenters. The van der Waals surface area contributed by atoms with Crippen molar-refractivity contribution in [1.29, 1.82) is 0 Å². The van der Waals surface area contributed by atoms with Crippen molar-refractivity contribution < 1.29 is 14.7 Å². The topological polar surface area (TPSA) is 92.4 Å². The molecule has 0 bridgehead atoms. The van der Waals surface area contributed by atoms with E-state index >= 15 is 0 Å². The number of rotatable bonds is 10. The molecule has 0 rings (SSSR count). The van der Waals surface area contributed by atoms with E-state index in [0.29, 0.717) is 5.75 Å². The lowest BCUT2D eigenvalue weighted by atomic mass is 10.2. The zero-order valence-electron chi connectivity index (χ0n) is 10.3. The van der Waals surface area contributed by atoms with Crippen LogP contribution in [0.15, 0.2) is 0 Å². The van der Waals surface area contributed by atoms with Crippen molar-refractivity contribution in [2.45, 2.75) is 38.6 Å². The molecule has 0 heterocycles. The molecule has 17 heavy (non-hydrogen) atoms. The first-order valence-corrected chi connectivity index (χ1v) is 7.06. The van der Waals surface area contributed by atoms with Crippen molar-refractivity contribution in [3.63, 3.8) is 0 Å². The zero-order chi connectivity index (χ0) is 13.1. The summed E-state index contributed by atoms with van der Waals surface area (Å²) in [5.41, 5.74) is 5.62. The first-order chi connectivity index (χ1) is 8.07. The average molecular weight is 262 g/mol. The number of carbonyl (C=O) groups is 2. The molecule has 0 saturated heterocycles. The van der Waals surface area contributed by atoms with Gasteiger partial charge < -0.3 is 16.2 Å². The van der Waals surface area contributed by atoms with Crippen LogP contribution in [0, 0.1) is 0 Å². The molecule has 0 aliphatic heterocycles. The van der Waals surface area contributed by atoms with Crippen LogP contribution in [-0.2, 0) is 9.59 Å². The second kappa shape index (κ2) is 10.4. The molecule has 0 spiro atoms. The molecule has 0 radical (unpaired) electrons. The van der Waals surface area contributed by atoms with E-state index in [-0.39, 0.29) is 6.54 Å². The number of aliphatic carboxylic acids is 1. The monoisotopic (exact) mass is 262 g/mol. The number of thioether (sulfide) groups is 1. The van der Waals surface area contributed by atoms with Gasteiger partial charge in [-0.2, -0.15) is 11.8 Å². The van der Waals surface area contributed by atoms with Crippen molar-refractivity contribution in [1.82, 2.24) is 5.32 Å². The van der Waals surface area contributed by atoms with E-state index in [1.54, 1.807) is 11.8 Å². The molecular formula is C11H22N2O3S. The van der Waals surface area contributed by atoms with Crippen molar-refractivity contribution in [2.24, 2.45) is 5.73 Å². The van der Waals surface area contributed by atoms with Gasteiger partial charge in [-0.25, -0.2) is 0 Å². The Labute approximate surface area is 107 Å². The van der Waals surface area contributed by atoms with E-state index < -0.39 is 17.9 Å². The van der Waals surface area contributed by atoms with E-state index in [2.05, 4.69) is 12.2 Å². The number of carboxylic acids is 1. The predicted octanol–water partition coefficient (Wildman–Crippen LogP) is 0.828. The summed E-state index contributed by atoms with van der Waals surface area (Å²) >= 11 is 1.64. The molecule has 0 aromatic carbocycles. The van der Waals surface area contributed by atoms with Crippen LogP contribution in [0.3, 0.4) is 0 Å². The summed E-state index contributed by atoms with van der Waals surface area (Å²) < 4.78 is 0. The molecule has 0 aromatic rings. The highest BCUT2D eigenvalue weighted by molar-refractivity contribution is 7.99. The lowest BCUT2D eigenvalue weighted by Crippen LogP contribution is -2.44. The van der Waals surface area contributed by atoms with Gasteiger partial charge in [-0.1, -0.05) is 26.2 Å². The van der Waals surface area contributed by atoms with Gasteiger partial charge in [-0.05, 0) is 12.2 Å². The normalized spacial score (nSPS) is 12.1. The molecule has 100 valence electrons. The lowest BCUT2D eigenvalue weighted by molar-refractivity contribution is -0.138. The number of unbranched alkanes of at least 4 members (excludes halogenated alkanes) is 3. The fourth-order valence-electron chi connectivity index (χ4n) is 1.21. The van der Waals surface area contributed by atoms with Crippen LogP contribution in [0.25, 0.3) is 0 Å². The van der Waals surface area contributed by atoms with E-state index in [1.165, 1.54) is 19.3 Å². The van der Waals surface area contributed by atoms with Gasteiger partial charge in [0.25, 0.3) is 0 Å².